The van der Waals surface area contributed by atoms with Crippen LogP contribution in [-0.4, -0.2) is 43.9 Å². The molecule has 24 heavy (non-hydrogen) atoms. The summed E-state index contributed by atoms with van der Waals surface area (Å²) >= 11 is 0. The summed E-state index contributed by atoms with van der Waals surface area (Å²) in [6.45, 7) is 3.34. The van der Waals surface area contributed by atoms with Crippen LogP contribution in [0.3, 0.4) is 0 Å². The molecule has 1 aliphatic rings. The third kappa shape index (κ3) is 3.49. The lowest BCUT2D eigenvalue weighted by Gasteiger charge is -2.34. The maximum Gasteiger partial charge on any atom is 0.420 e. The molecule has 1 heterocycles. The standard InChI is InChI=1S/C12H18F3N2O6P/c1-5-22-24(20,23-6-2)17-11(12(13,14)15)8(9(18)21-4)7(3)16-10(11)19/h5-6H2,1-4H3,(H,16,19)(H,17,20). The zero-order valence-electron chi connectivity index (χ0n) is 13.4. The summed E-state index contributed by atoms with van der Waals surface area (Å²) in [6, 6.07) is 0. The first-order chi connectivity index (χ1) is 11.0. The predicted octanol–water partition coefficient (Wildman–Crippen LogP) is 1.64. The van der Waals surface area contributed by atoms with Crippen molar-refractivity contribution in [1.29, 1.82) is 0 Å². The van der Waals surface area contributed by atoms with Gasteiger partial charge in [0.1, 0.15) is 0 Å². The van der Waals surface area contributed by atoms with E-state index in [1.54, 1.807) is 5.09 Å². The summed E-state index contributed by atoms with van der Waals surface area (Å²) in [5.41, 5.74) is -5.05. The molecule has 0 saturated heterocycles. The average molecular weight is 374 g/mol. The number of hydrogen-bond donors (Lipinski definition) is 2. The fourth-order valence-electron chi connectivity index (χ4n) is 2.22. The molecule has 1 aliphatic heterocycles. The van der Waals surface area contributed by atoms with E-state index in [0.29, 0.717) is 0 Å². The largest absolute Gasteiger partial charge is 0.466 e. The molecular formula is C12H18F3N2O6P. The Morgan fingerprint density at radius 1 is 1.29 bits per heavy atom. The molecule has 1 atom stereocenters. The van der Waals surface area contributed by atoms with E-state index in [4.69, 9.17) is 9.05 Å². The van der Waals surface area contributed by atoms with Crippen LogP contribution in [0.2, 0.25) is 0 Å². The highest BCUT2D eigenvalue weighted by atomic mass is 31.2. The highest BCUT2D eigenvalue weighted by molar-refractivity contribution is 7.51. The van der Waals surface area contributed by atoms with Gasteiger partial charge in [0.2, 0.25) is 5.54 Å². The van der Waals surface area contributed by atoms with Gasteiger partial charge in [-0.1, -0.05) is 0 Å². The summed E-state index contributed by atoms with van der Waals surface area (Å²) in [7, 11) is -3.70. The van der Waals surface area contributed by atoms with E-state index in [1.807, 2.05) is 5.32 Å². The van der Waals surface area contributed by atoms with Crippen molar-refractivity contribution in [2.45, 2.75) is 32.5 Å². The third-order valence-electron chi connectivity index (χ3n) is 3.11. The van der Waals surface area contributed by atoms with Crippen molar-refractivity contribution in [1.82, 2.24) is 10.4 Å². The van der Waals surface area contributed by atoms with E-state index in [9.17, 15) is 27.3 Å². The Labute approximate surface area is 136 Å². The molecule has 8 nitrogen and oxygen atoms in total. The number of halogens is 3. The van der Waals surface area contributed by atoms with Crippen molar-refractivity contribution in [3.8, 4) is 0 Å². The maximum absolute atomic E-state index is 13.8. The summed E-state index contributed by atoms with van der Waals surface area (Å²) in [4.78, 5) is 23.9. The Morgan fingerprint density at radius 3 is 2.17 bits per heavy atom. The molecule has 0 aliphatic carbocycles. The number of allylic oxidation sites excluding steroid dienone is 1. The molecule has 0 aromatic carbocycles. The Hall–Kier alpha value is -1.42. The van der Waals surface area contributed by atoms with Crippen LogP contribution >= 0.6 is 7.75 Å². The molecule has 0 bridgehead atoms. The molecule has 0 saturated carbocycles. The van der Waals surface area contributed by atoms with Crippen LogP contribution in [0.4, 0.5) is 13.2 Å². The van der Waals surface area contributed by atoms with Crippen LogP contribution in [0.5, 0.6) is 0 Å². The number of esters is 1. The molecule has 0 aromatic rings. The Bertz CT molecular complexity index is 596. The van der Waals surface area contributed by atoms with Gasteiger partial charge in [-0.05, 0) is 20.8 Å². The smallest absolute Gasteiger partial charge is 0.420 e. The van der Waals surface area contributed by atoms with Crippen LogP contribution in [0.25, 0.3) is 0 Å². The van der Waals surface area contributed by atoms with Gasteiger partial charge < -0.3 is 10.1 Å². The van der Waals surface area contributed by atoms with Gasteiger partial charge in [0, 0.05) is 5.70 Å². The summed E-state index contributed by atoms with van der Waals surface area (Å²) in [5, 5.41) is 3.52. The van der Waals surface area contributed by atoms with Crippen molar-refractivity contribution < 1.29 is 41.1 Å². The molecule has 0 spiro atoms. The maximum atomic E-state index is 13.8. The molecule has 2 N–H and O–H groups in total. The minimum absolute atomic E-state index is 0.254. The molecule has 1 unspecified atom stereocenters. The number of carbonyl (C=O) groups excluding carboxylic acids is 2. The van der Waals surface area contributed by atoms with E-state index in [-0.39, 0.29) is 18.9 Å². The fourth-order valence-corrected chi connectivity index (χ4v) is 3.85. The first kappa shape index (κ1) is 20.6. The van der Waals surface area contributed by atoms with E-state index >= 15 is 0 Å². The minimum Gasteiger partial charge on any atom is -0.466 e. The van der Waals surface area contributed by atoms with Gasteiger partial charge in [0.15, 0.2) is 0 Å². The van der Waals surface area contributed by atoms with Gasteiger partial charge in [0.05, 0.1) is 25.9 Å². The lowest BCUT2D eigenvalue weighted by atomic mass is 9.91. The predicted molar refractivity (Wildman–Crippen MR) is 75.6 cm³/mol. The lowest BCUT2D eigenvalue weighted by molar-refractivity contribution is -0.188. The van der Waals surface area contributed by atoms with Crippen LogP contribution in [0, 0.1) is 0 Å². The number of nitrogens with one attached hydrogen (secondary N) is 2. The number of rotatable bonds is 7. The highest BCUT2D eigenvalue weighted by Gasteiger charge is 2.70. The van der Waals surface area contributed by atoms with Crippen molar-refractivity contribution in [2.24, 2.45) is 0 Å². The van der Waals surface area contributed by atoms with Gasteiger partial charge in [-0.2, -0.15) is 18.3 Å². The molecule has 0 aromatic heterocycles. The Balaban J connectivity index is 3.57. The van der Waals surface area contributed by atoms with Crippen molar-refractivity contribution in [3.63, 3.8) is 0 Å². The van der Waals surface area contributed by atoms with Crippen LogP contribution < -0.4 is 10.4 Å². The van der Waals surface area contributed by atoms with E-state index in [1.165, 1.54) is 13.8 Å². The van der Waals surface area contributed by atoms with Gasteiger partial charge in [-0.3, -0.25) is 13.8 Å². The number of hydrogen-bond acceptors (Lipinski definition) is 6. The number of ether oxygens (including phenoxy) is 1. The minimum atomic E-state index is -5.33. The second kappa shape index (κ2) is 7.22. The summed E-state index contributed by atoms with van der Waals surface area (Å²) in [6.07, 6.45) is -5.33. The highest BCUT2D eigenvalue weighted by Crippen LogP contribution is 2.52. The first-order valence-electron chi connectivity index (χ1n) is 6.85. The summed E-state index contributed by atoms with van der Waals surface area (Å²) < 4.78 is 67.8. The normalized spacial score (nSPS) is 21.9. The van der Waals surface area contributed by atoms with Crippen LogP contribution in [0.15, 0.2) is 11.3 Å². The van der Waals surface area contributed by atoms with Crippen molar-refractivity contribution >= 4 is 19.6 Å². The molecular weight excluding hydrogens is 356 g/mol. The monoisotopic (exact) mass is 374 g/mol. The average Bonchev–Trinajstić information content (AvgIpc) is 2.69. The number of methoxy groups -OCH3 is 1. The molecule has 1 rings (SSSR count). The Morgan fingerprint density at radius 2 is 1.79 bits per heavy atom. The van der Waals surface area contributed by atoms with Gasteiger partial charge in [-0.15, -0.1) is 0 Å². The van der Waals surface area contributed by atoms with Crippen LogP contribution in [0.1, 0.15) is 20.8 Å². The fraction of sp³-hybridized carbons (Fsp3) is 0.667. The van der Waals surface area contributed by atoms with E-state index in [0.717, 1.165) is 14.0 Å². The van der Waals surface area contributed by atoms with Gasteiger partial charge >= 0.3 is 19.9 Å². The molecule has 138 valence electrons. The van der Waals surface area contributed by atoms with Gasteiger partial charge in [0.25, 0.3) is 5.91 Å². The number of carbonyl (C=O) groups is 2. The molecule has 0 fully saturated rings. The number of alkyl halides is 3. The zero-order valence-corrected chi connectivity index (χ0v) is 14.3. The summed E-state index contributed by atoms with van der Waals surface area (Å²) in [5.74, 6) is -3.04. The molecule has 0 radical (unpaired) electrons. The van der Waals surface area contributed by atoms with E-state index in [2.05, 4.69) is 4.74 Å². The number of amides is 1. The van der Waals surface area contributed by atoms with Gasteiger partial charge in [-0.25, -0.2) is 9.36 Å². The first-order valence-corrected chi connectivity index (χ1v) is 8.39. The van der Waals surface area contributed by atoms with Crippen molar-refractivity contribution in [2.75, 3.05) is 20.3 Å². The molecule has 12 heteroatoms. The third-order valence-corrected chi connectivity index (χ3v) is 4.91. The Kier molecular flexibility index (Phi) is 6.20. The van der Waals surface area contributed by atoms with E-state index < -0.39 is 36.9 Å². The zero-order chi connectivity index (χ0) is 18.8. The quantitative estimate of drug-likeness (QED) is 0.516. The second-order valence-corrected chi connectivity index (χ2v) is 6.37. The lowest BCUT2D eigenvalue weighted by Crippen LogP contribution is -2.63. The topological polar surface area (TPSA) is 103 Å². The SMILES string of the molecule is CCOP(=O)(NC1(C(F)(F)F)C(=O)NC(C)=C1C(=O)OC)OCC. The molecule has 1 amide bonds. The second-order valence-electron chi connectivity index (χ2n) is 4.64. The van der Waals surface area contributed by atoms with Crippen LogP contribution in [-0.2, 0) is 27.9 Å². The van der Waals surface area contributed by atoms with Crippen molar-refractivity contribution in [3.05, 3.63) is 11.3 Å².